The van der Waals surface area contributed by atoms with E-state index >= 15 is 0 Å². The van der Waals surface area contributed by atoms with Gasteiger partial charge < -0.3 is 0 Å². The summed E-state index contributed by atoms with van der Waals surface area (Å²) >= 11 is 6.83. The van der Waals surface area contributed by atoms with Crippen molar-refractivity contribution in [2.45, 2.75) is 13.5 Å². The molecule has 9 heavy (non-hydrogen) atoms. The zero-order chi connectivity index (χ0) is 6.85. The zero-order valence-corrected chi connectivity index (χ0v) is 6.50. The Morgan fingerprint density at radius 1 is 1.89 bits per heavy atom. The van der Waals surface area contributed by atoms with Crippen LogP contribution in [0.4, 0.5) is 0 Å². The van der Waals surface area contributed by atoms with Gasteiger partial charge in [0.25, 0.3) is 5.56 Å². The zero-order valence-electron chi connectivity index (χ0n) is 4.93. The first-order valence-electron chi connectivity index (χ1n) is 2.60. The molecule has 0 aromatic carbocycles. The van der Waals surface area contributed by atoms with Gasteiger partial charge in [-0.15, -0.1) is 0 Å². The van der Waals surface area contributed by atoms with Gasteiger partial charge in [-0.1, -0.05) is 23.1 Å². The SMILES string of the molecule is CCn1scc(Cl)c1=O. The van der Waals surface area contributed by atoms with E-state index in [1.807, 2.05) is 6.92 Å². The second-order valence-corrected chi connectivity index (χ2v) is 2.87. The lowest BCUT2D eigenvalue weighted by molar-refractivity contribution is 0.810. The van der Waals surface area contributed by atoms with Crippen LogP contribution in [0.1, 0.15) is 6.92 Å². The molecule has 0 radical (unpaired) electrons. The van der Waals surface area contributed by atoms with Crippen LogP contribution < -0.4 is 5.56 Å². The molecule has 0 saturated carbocycles. The first kappa shape index (κ1) is 6.83. The predicted molar refractivity (Wildman–Crippen MR) is 39.3 cm³/mol. The lowest BCUT2D eigenvalue weighted by atomic mass is 10.7. The maximum atomic E-state index is 10.8. The molecule has 1 heterocycles. The molecule has 0 unspecified atom stereocenters. The van der Waals surface area contributed by atoms with E-state index in [-0.39, 0.29) is 5.56 Å². The molecule has 0 fully saturated rings. The van der Waals surface area contributed by atoms with Crippen molar-refractivity contribution in [1.29, 1.82) is 0 Å². The lowest BCUT2D eigenvalue weighted by Gasteiger charge is -1.87. The van der Waals surface area contributed by atoms with Crippen LogP contribution in [0.5, 0.6) is 0 Å². The summed E-state index contributed by atoms with van der Waals surface area (Å²) < 4.78 is 1.60. The van der Waals surface area contributed by atoms with Gasteiger partial charge in [0.2, 0.25) is 0 Å². The third kappa shape index (κ3) is 1.17. The van der Waals surface area contributed by atoms with E-state index < -0.39 is 0 Å². The molecule has 4 heteroatoms. The number of halogens is 1. The van der Waals surface area contributed by atoms with Gasteiger partial charge in [-0.3, -0.25) is 8.75 Å². The Bertz CT molecular complexity index is 252. The molecule has 1 rings (SSSR count). The van der Waals surface area contributed by atoms with E-state index in [0.29, 0.717) is 11.6 Å². The third-order valence-corrected chi connectivity index (χ3v) is 2.42. The van der Waals surface area contributed by atoms with E-state index in [1.54, 1.807) is 9.34 Å². The highest BCUT2D eigenvalue weighted by Gasteiger charge is 1.99. The molecule has 0 amide bonds. The quantitative estimate of drug-likeness (QED) is 0.616. The van der Waals surface area contributed by atoms with E-state index in [0.717, 1.165) is 0 Å². The molecular formula is C5H6ClNOS. The highest BCUT2D eigenvalue weighted by Crippen LogP contribution is 2.05. The summed E-state index contributed by atoms with van der Waals surface area (Å²) in [6.45, 7) is 2.62. The number of aromatic nitrogens is 1. The highest BCUT2D eigenvalue weighted by molar-refractivity contribution is 7.04. The number of aryl methyl sites for hydroxylation is 1. The number of rotatable bonds is 1. The summed E-state index contributed by atoms with van der Waals surface area (Å²) in [4.78, 5) is 10.8. The molecule has 50 valence electrons. The summed E-state index contributed by atoms with van der Waals surface area (Å²) in [5.41, 5.74) is -0.0795. The summed E-state index contributed by atoms with van der Waals surface area (Å²) in [5.74, 6) is 0. The Labute approximate surface area is 61.8 Å². The molecule has 0 aliphatic carbocycles. The molecule has 2 nitrogen and oxygen atoms in total. The van der Waals surface area contributed by atoms with Crippen molar-refractivity contribution in [3.05, 3.63) is 20.8 Å². The first-order valence-corrected chi connectivity index (χ1v) is 3.81. The normalized spacial score (nSPS) is 10.0. The van der Waals surface area contributed by atoms with Crippen LogP contribution in [0.25, 0.3) is 0 Å². The average molecular weight is 164 g/mol. The summed E-state index contributed by atoms with van der Waals surface area (Å²) in [6, 6.07) is 0. The number of nitrogens with zero attached hydrogens (tertiary/aromatic N) is 1. The second-order valence-electron chi connectivity index (χ2n) is 1.57. The molecule has 1 aromatic heterocycles. The lowest BCUT2D eigenvalue weighted by Crippen LogP contribution is -2.11. The summed E-state index contributed by atoms with van der Waals surface area (Å²) in [6.07, 6.45) is 0. The van der Waals surface area contributed by atoms with Crippen LogP contribution >= 0.6 is 23.1 Å². The van der Waals surface area contributed by atoms with E-state index in [9.17, 15) is 4.79 Å². The van der Waals surface area contributed by atoms with Gasteiger partial charge in [-0.05, 0) is 6.92 Å². The Morgan fingerprint density at radius 2 is 2.56 bits per heavy atom. The molecule has 0 spiro atoms. The van der Waals surface area contributed by atoms with E-state index in [2.05, 4.69) is 0 Å². The number of hydrogen-bond donors (Lipinski definition) is 0. The van der Waals surface area contributed by atoms with Crippen LogP contribution in [0.3, 0.4) is 0 Å². The minimum Gasteiger partial charge on any atom is -0.267 e. The standard InChI is InChI=1S/C5H6ClNOS/c1-2-7-5(8)4(6)3-9-7/h3H,2H2,1H3. The van der Waals surface area contributed by atoms with Crippen LogP contribution in [-0.2, 0) is 6.54 Å². The molecule has 0 saturated heterocycles. The molecular weight excluding hydrogens is 158 g/mol. The minimum absolute atomic E-state index is 0.0795. The fraction of sp³-hybridized carbons (Fsp3) is 0.400. The Balaban J connectivity index is 3.20. The van der Waals surface area contributed by atoms with E-state index in [4.69, 9.17) is 11.6 Å². The van der Waals surface area contributed by atoms with Crippen LogP contribution in [0, 0.1) is 0 Å². The molecule has 0 aliphatic heterocycles. The Hall–Kier alpha value is -0.280. The smallest absolute Gasteiger partial charge is 0.267 e. The average Bonchev–Trinajstić information content (AvgIpc) is 2.15. The minimum atomic E-state index is -0.0795. The molecule has 0 bridgehead atoms. The first-order chi connectivity index (χ1) is 4.25. The fourth-order valence-corrected chi connectivity index (χ4v) is 1.48. The fourth-order valence-electron chi connectivity index (χ4n) is 0.545. The van der Waals surface area contributed by atoms with Crippen LogP contribution in [-0.4, -0.2) is 3.96 Å². The second kappa shape index (κ2) is 2.54. The maximum absolute atomic E-state index is 10.8. The Kier molecular flexibility index (Phi) is 1.93. The van der Waals surface area contributed by atoms with Crippen LogP contribution in [0.2, 0.25) is 5.02 Å². The molecule has 1 aromatic rings. The highest BCUT2D eigenvalue weighted by atomic mass is 35.5. The predicted octanol–water partition coefficient (Wildman–Crippen LogP) is 1.58. The van der Waals surface area contributed by atoms with Crippen LogP contribution in [0.15, 0.2) is 10.2 Å². The topological polar surface area (TPSA) is 22.0 Å². The molecule has 0 atom stereocenters. The van der Waals surface area contributed by atoms with Crippen molar-refractivity contribution in [1.82, 2.24) is 3.96 Å². The van der Waals surface area contributed by atoms with Gasteiger partial charge in [0, 0.05) is 11.9 Å². The van der Waals surface area contributed by atoms with Gasteiger partial charge in [0.1, 0.15) is 5.02 Å². The van der Waals surface area contributed by atoms with E-state index in [1.165, 1.54) is 11.5 Å². The van der Waals surface area contributed by atoms with Crippen molar-refractivity contribution in [2.75, 3.05) is 0 Å². The van der Waals surface area contributed by atoms with Crippen molar-refractivity contribution in [3.8, 4) is 0 Å². The summed E-state index contributed by atoms with van der Waals surface area (Å²) in [5, 5.41) is 1.97. The molecule has 0 aliphatic rings. The third-order valence-electron chi connectivity index (χ3n) is 1.00. The Morgan fingerprint density at radius 3 is 2.78 bits per heavy atom. The van der Waals surface area contributed by atoms with Gasteiger partial charge in [-0.2, -0.15) is 0 Å². The largest absolute Gasteiger partial charge is 0.279 e. The monoisotopic (exact) mass is 163 g/mol. The van der Waals surface area contributed by atoms with Gasteiger partial charge in [0.05, 0.1) is 0 Å². The van der Waals surface area contributed by atoms with Gasteiger partial charge in [-0.25, -0.2) is 0 Å². The summed E-state index contributed by atoms with van der Waals surface area (Å²) in [7, 11) is 0. The molecule has 0 N–H and O–H groups in total. The number of hydrogen-bond acceptors (Lipinski definition) is 2. The van der Waals surface area contributed by atoms with Crippen molar-refractivity contribution in [3.63, 3.8) is 0 Å². The van der Waals surface area contributed by atoms with Gasteiger partial charge >= 0.3 is 0 Å². The van der Waals surface area contributed by atoms with Crippen molar-refractivity contribution in [2.24, 2.45) is 0 Å². The van der Waals surface area contributed by atoms with Crippen molar-refractivity contribution < 1.29 is 0 Å². The maximum Gasteiger partial charge on any atom is 0.279 e. The van der Waals surface area contributed by atoms with Gasteiger partial charge in [0.15, 0.2) is 0 Å². The van der Waals surface area contributed by atoms with Crippen molar-refractivity contribution >= 4 is 23.1 Å².